The second kappa shape index (κ2) is 12.6. The molecule has 0 saturated heterocycles. The first kappa shape index (κ1) is 16.0. The molecular weight excluding hydrogens is 184 g/mol. The first-order chi connectivity index (χ1) is 7.26. The van der Waals surface area contributed by atoms with Gasteiger partial charge in [0.2, 0.25) is 0 Å². The van der Waals surface area contributed by atoms with Crippen LogP contribution in [0.5, 0.6) is 0 Å². The minimum Gasteiger partial charge on any atom is -0.300 e. The maximum Gasteiger partial charge on any atom is 0.0621 e. The lowest BCUT2D eigenvalue weighted by Gasteiger charge is -1.97. The van der Waals surface area contributed by atoms with Gasteiger partial charge in [-0.1, -0.05) is 39.5 Å². The van der Waals surface area contributed by atoms with E-state index >= 15 is 0 Å². The van der Waals surface area contributed by atoms with Gasteiger partial charge in [0.05, 0.1) is 5.71 Å². The van der Waals surface area contributed by atoms with Crippen molar-refractivity contribution in [1.82, 2.24) is 0 Å². The zero-order valence-electron chi connectivity index (χ0n) is 10.2. The van der Waals surface area contributed by atoms with Crippen molar-refractivity contribution < 1.29 is 0 Å². The Balaban J connectivity index is 0. The van der Waals surface area contributed by atoms with Gasteiger partial charge in [0.25, 0.3) is 0 Å². The van der Waals surface area contributed by atoms with Crippen LogP contribution in [0, 0.1) is 5.41 Å². The largest absolute Gasteiger partial charge is 0.300 e. The molecule has 0 aromatic rings. The molecule has 2 nitrogen and oxygen atoms in total. The molecule has 0 bridgehead atoms. The minimum atomic E-state index is 0.481. The van der Waals surface area contributed by atoms with E-state index in [1.807, 2.05) is 39.8 Å². The summed E-state index contributed by atoms with van der Waals surface area (Å²) in [5.41, 5.74) is 1.32. The molecule has 0 unspecified atom stereocenters. The van der Waals surface area contributed by atoms with Crippen LogP contribution in [0.15, 0.2) is 41.6 Å². The fourth-order valence-corrected chi connectivity index (χ4v) is 0.848. The summed E-state index contributed by atoms with van der Waals surface area (Å²) < 4.78 is 0. The Morgan fingerprint density at radius 1 is 1.40 bits per heavy atom. The second-order valence-corrected chi connectivity index (χ2v) is 2.44. The normalized spacial score (nSPS) is 11.3. The van der Waals surface area contributed by atoms with Crippen molar-refractivity contribution in [2.24, 2.45) is 4.99 Å². The van der Waals surface area contributed by atoms with Crippen molar-refractivity contribution in [3.8, 4) is 0 Å². The number of allylic oxidation sites excluding steroid dienone is 4. The van der Waals surface area contributed by atoms with Gasteiger partial charge in [-0.2, -0.15) is 0 Å². The number of rotatable bonds is 5. The molecule has 2 heteroatoms. The summed E-state index contributed by atoms with van der Waals surface area (Å²) >= 11 is 0. The summed E-state index contributed by atoms with van der Waals surface area (Å²) in [6.45, 7) is 11.4. The van der Waals surface area contributed by atoms with Crippen LogP contribution in [-0.4, -0.2) is 11.9 Å². The van der Waals surface area contributed by atoms with Crippen LogP contribution < -0.4 is 0 Å². The third-order valence-corrected chi connectivity index (χ3v) is 1.39. The fourth-order valence-electron chi connectivity index (χ4n) is 0.848. The first-order valence-corrected chi connectivity index (χ1v) is 5.32. The minimum absolute atomic E-state index is 0.481. The Bertz CT molecular complexity index is 258. The highest BCUT2D eigenvalue weighted by Crippen LogP contribution is 1.98. The third kappa shape index (κ3) is 8.88. The number of hydrogen-bond donors (Lipinski definition) is 1. The maximum absolute atomic E-state index is 7.65. The lowest BCUT2D eigenvalue weighted by molar-refractivity contribution is 1.22. The van der Waals surface area contributed by atoms with Crippen LogP contribution in [0.1, 0.15) is 34.1 Å². The second-order valence-electron chi connectivity index (χ2n) is 2.44. The van der Waals surface area contributed by atoms with Gasteiger partial charge >= 0.3 is 0 Å². The molecule has 0 radical (unpaired) electrons. The lowest BCUT2D eigenvalue weighted by Crippen LogP contribution is -1.98. The van der Waals surface area contributed by atoms with Crippen molar-refractivity contribution in [1.29, 1.82) is 5.41 Å². The van der Waals surface area contributed by atoms with Gasteiger partial charge in [-0.25, -0.2) is 0 Å². The Morgan fingerprint density at radius 3 is 2.40 bits per heavy atom. The number of nitrogens with zero attached hydrogens (tertiary/aromatic N) is 1. The highest BCUT2D eigenvalue weighted by atomic mass is 14.7. The summed E-state index contributed by atoms with van der Waals surface area (Å²) in [5.74, 6) is 0. The number of aliphatic imine (C=N–C) groups is 1. The molecule has 84 valence electrons. The molecule has 0 aromatic carbocycles. The average molecular weight is 206 g/mol. The molecule has 0 aromatic heterocycles. The number of hydrogen-bond acceptors (Lipinski definition) is 2. The fraction of sp³-hybridized carbons (Fsp3) is 0.385. The van der Waals surface area contributed by atoms with E-state index in [1.165, 1.54) is 6.20 Å². The van der Waals surface area contributed by atoms with E-state index in [2.05, 4.69) is 11.6 Å². The average Bonchev–Trinajstić information content (AvgIpc) is 2.27. The SMILES string of the molecule is C=CN=CC(=CCC)C(=N)/C=C\C.CC. The lowest BCUT2D eigenvalue weighted by atomic mass is 10.1. The Kier molecular flexibility index (Phi) is 13.4. The molecule has 0 heterocycles. The summed E-state index contributed by atoms with van der Waals surface area (Å²) in [4.78, 5) is 3.89. The van der Waals surface area contributed by atoms with Gasteiger partial charge in [0.15, 0.2) is 0 Å². The standard InChI is InChI=1S/C11H16N2.C2H6/c1-4-7-10(9-13-6-3)11(12)8-5-2;1-2/h5-9,12H,3-4H2,1-2H3;1-2H3/b8-5-,10-7?,12-11?,13-9?;. The summed E-state index contributed by atoms with van der Waals surface area (Å²) in [6, 6.07) is 0. The van der Waals surface area contributed by atoms with Crippen molar-refractivity contribution >= 4 is 11.9 Å². The number of nitrogens with one attached hydrogen (secondary N) is 1. The zero-order valence-corrected chi connectivity index (χ0v) is 10.2. The quantitative estimate of drug-likeness (QED) is 0.656. The topological polar surface area (TPSA) is 36.2 Å². The molecule has 15 heavy (non-hydrogen) atoms. The molecule has 0 saturated carbocycles. The van der Waals surface area contributed by atoms with E-state index < -0.39 is 0 Å². The van der Waals surface area contributed by atoms with Gasteiger partial charge in [-0.05, 0) is 19.4 Å². The van der Waals surface area contributed by atoms with Crippen molar-refractivity contribution in [2.45, 2.75) is 34.1 Å². The summed E-state index contributed by atoms with van der Waals surface area (Å²) in [5, 5.41) is 7.65. The van der Waals surface area contributed by atoms with Crippen LogP contribution in [0.4, 0.5) is 0 Å². The van der Waals surface area contributed by atoms with E-state index in [9.17, 15) is 0 Å². The molecule has 0 amide bonds. The van der Waals surface area contributed by atoms with Gasteiger partial charge in [-0.15, -0.1) is 0 Å². The highest BCUT2D eigenvalue weighted by molar-refractivity contribution is 6.19. The van der Waals surface area contributed by atoms with Gasteiger partial charge in [0.1, 0.15) is 0 Å². The molecule has 0 aliphatic heterocycles. The van der Waals surface area contributed by atoms with E-state index in [4.69, 9.17) is 5.41 Å². The zero-order chi connectivity index (χ0) is 12.1. The Labute approximate surface area is 93.6 Å². The van der Waals surface area contributed by atoms with Gasteiger partial charge in [-0.3, -0.25) is 4.99 Å². The Hall–Kier alpha value is -1.44. The highest BCUT2D eigenvalue weighted by Gasteiger charge is 1.95. The van der Waals surface area contributed by atoms with Crippen molar-refractivity contribution in [3.05, 3.63) is 36.6 Å². The molecule has 0 aliphatic rings. The van der Waals surface area contributed by atoms with Crippen molar-refractivity contribution in [2.75, 3.05) is 0 Å². The van der Waals surface area contributed by atoms with Crippen LogP contribution >= 0.6 is 0 Å². The monoisotopic (exact) mass is 206 g/mol. The molecule has 1 N–H and O–H groups in total. The van der Waals surface area contributed by atoms with Crippen LogP contribution in [0.3, 0.4) is 0 Å². The van der Waals surface area contributed by atoms with Crippen LogP contribution in [-0.2, 0) is 0 Å². The summed E-state index contributed by atoms with van der Waals surface area (Å²) in [7, 11) is 0. The van der Waals surface area contributed by atoms with Crippen molar-refractivity contribution in [3.63, 3.8) is 0 Å². The van der Waals surface area contributed by atoms with Crippen LogP contribution in [0.2, 0.25) is 0 Å². The van der Waals surface area contributed by atoms with Gasteiger partial charge < -0.3 is 5.41 Å². The third-order valence-electron chi connectivity index (χ3n) is 1.39. The molecule has 0 atom stereocenters. The predicted molar refractivity (Wildman–Crippen MR) is 71.0 cm³/mol. The molecule has 0 rings (SSSR count). The maximum atomic E-state index is 7.65. The summed E-state index contributed by atoms with van der Waals surface area (Å²) in [6.07, 6.45) is 9.57. The molecular formula is C13H22N2. The first-order valence-electron chi connectivity index (χ1n) is 5.32. The predicted octanol–water partition coefficient (Wildman–Crippen LogP) is 4.16. The van der Waals surface area contributed by atoms with E-state index in [0.29, 0.717) is 5.71 Å². The molecule has 0 fully saturated rings. The smallest absolute Gasteiger partial charge is 0.0621 e. The van der Waals surface area contributed by atoms with E-state index in [-0.39, 0.29) is 0 Å². The van der Waals surface area contributed by atoms with E-state index in [1.54, 1.807) is 12.3 Å². The molecule has 0 aliphatic carbocycles. The Morgan fingerprint density at radius 2 is 2.00 bits per heavy atom. The van der Waals surface area contributed by atoms with Gasteiger partial charge in [0, 0.05) is 18.0 Å². The van der Waals surface area contributed by atoms with Crippen LogP contribution in [0.25, 0.3) is 0 Å². The van der Waals surface area contributed by atoms with E-state index in [0.717, 1.165) is 12.0 Å². The molecule has 0 spiro atoms.